The van der Waals surface area contributed by atoms with Gasteiger partial charge in [-0.3, -0.25) is 0 Å². The summed E-state index contributed by atoms with van der Waals surface area (Å²) in [6.07, 6.45) is 2.06. The molecule has 102 valence electrons. The minimum atomic E-state index is 0.206. The van der Waals surface area contributed by atoms with Crippen molar-refractivity contribution in [2.45, 2.75) is 32.7 Å². The van der Waals surface area contributed by atoms with Crippen LogP contribution in [0.4, 0.5) is 5.69 Å². The zero-order chi connectivity index (χ0) is 13.4. The molecule has 3 heteroatoms. The average molecular weight is 250 g/mol. The third-order valence-electron chi connectivity index (χ3n) is 3.19. The Morgan fingerprint density at radius 2 is 1.94 bits per heavy atom. The van der Waals surface area contributed by atoms with Gasteiger partial charge in [0.25, 0.3) is 0 Å². The Bertz CT molecular complexity index is 324. The molecule has 0 aliphatic heterocycles. The predicted octanol–water partition coefficient (Wildman–Crippen LogP) is 2.18. The van der Waals surface area contributed by atoms with Crippen LogP contribution in [0.2, 0.25) is 0 Å². The number of aliphatic hydroxyl groups is 1. The molecule has 1 unspecified atom stereocenters. The third-order valence-corrected chi connectivity index (χ3v) is 3.19. The lowest BCUT2D eigenvalue weighted by atomic mass is 10.2. The summed E-state index contributed by atoms with van der Waals surface area (Å²) in [5.74, 6) is 0. The van der Waals surface area contributed by atoms with Crippen molar-refractivity contribution in [3.05, 3.63) is 29.8 Å². The summed E-state index contributed by atoms with van der Waals surface area (Å²) in [6, 6.07) is 8.75. The van der Waals surface area contributed by atoms with Crippen LogP contribution in [-0.4, -0.2) is 37.9 Å². The van der Waals surface area contributed by atoms with Crippen molar-refractivity contribution >= 4 is 5.69 Å². The van der Waals surface area contributed by atoms with E-state index in [4.69, 9.17) is 0 Å². The van der Waals surface area contributed by atoms with E-state index in [1.54, 1.807) is 0 Å². The number of anilines is 1. The summed E-state index contributed by atoms with van der Waals surface area (Å²) in [4.78, 5) is 2.23. The maximum atomic E-state index is 9.29. The van der Waals surface area contributed by atoms with Crippen molar-refractivity contribution in [1.29, 1.82) is 0 Å². The maximum Gasteiger partial charge on any atom is 0.0585 e. The SMILES string of the molecule is CCCNC(CO)CCN(C)c1ccc(C)cc1. The topological polar surface area (TPSA) is 35.5 Å². The minimum Gasteiger partial charge on any atom is -0.395 e. The molecule has 0 amide bonds. The standard InChI is InChI=1S/C15H26N2O/c1-4-10-16-14(12-18)9-11-17(3)15-7-5-13(2)6-8-15/h5-8,14,16,18H,4,9-12H2,1-3H3. The van der Waals surface area contributed by atoms with E-state index in [9.17, 15) is 5.11 Å². The van der Waals surface area contributed by atoms with Gasteiger partial charge in [-0.25, -0.2) is 0 Å². The second-order valence-corrected chi connectivity index (χ2v) is 4.88. The zero-order valence-corrected chi connectivity index (χ0v) is 11.8. The number of nitrogens with zero attached hydrogens (tertiary/aromatic N) is 1. The Morgan fingerprint density at radius 3 is 2.50 bits per heavy atom. The molecule has 0 saturated heterocycles. The van der Waals surface area contributed by atoms with Gasteiger partial charge in [0.05, 0.1) is 6.61 Å². The Hall–Kier alpha value is -1.06. The summed E-state index contributed by atoms with van der Waals surface area (Å²) in [5.41, 5.74) is 2.51. The molecule has 0 fully saturated rings. The van der Waals surface area contributed by atoms with E-state index in [0.29, 0.717) is 0 Å². The molecule has 1 atom stereocenters. The van der Waals surface area contributed by atoms with E-state index in [-0.39, 0.29) is 12.6 Å². The Labute approximate surface area is 111 Å². The van der Waals surface area contributed by atoms with Gasteiger partial charge in [0.2, 0.25) is 0 Å². The summed E-state index contributed by atoms with van der Waals surface area (Å²) in [5, 5.41) is 12.6. The molecule has 0 bridgehead atoms. The van der Waals surface area contributed by atoms with Gasteiger partial charge >= 0.3 is 0 Å². The van der Waals surface area contributed by atoms with Crippen LogP contribution in [-0.2, 0) is 0 Å². The molecule has 0 saturated carbocycles. The Morgan fingerprint density at radius 1 is 1.28 bits per heavy atom. The van der Waals surface area contributed by atoms with Gasteiger partial charge in [0.15, 0.2) is 0 Å². The van der Waals surface area contributed by atoms with Gasteiger partial charge in [-0.2, -0.15) is 0 Å². The van der Waals surface area contributed by atoms with Crippen molar-refractivity contribution in [2.24, 2.45) is 0 Å². The van der Waals surface area contributed by atoms with Crippen LogP contribution in [0.3, 0.4) is 0 Å². The second-order valence-electron chi connectivity index (χ2n) is 4.88. The number of aryl methyl sites for hydroxylation is 1. The number of benzene rings is 1. The van der Waals surface area contributed by atoms with Gasteiger partial charge in [0, 0.05) is 25.3 Å². The van der Waals surface area contributed by atoms with Crippen LogP contribution in [0.25, 0.3) is 0 Å². The van der Waals surface area contributed by atoms with Crippen LogP contribution in [0, 0.1) is 6.92 Å². The van der Waals surface area contributed by atoms with Crippen molar-refractivity contribution in [1.82, 2.24) is 5.32 Å². The molecule has 2 N–H and O–H groups in total. The van der Waals surface area contributed by atoms with Gasteiger partial charge in [-0.15, -0.1) is 0 Å². The zero-order valence-electron chi connectivity index (χ0n) is 11.8. The van der Waals surface area contributed by atoms with Gasteiger partial charge < -0.3 is 15.3 Å². The number of nitrogens with one attached hydrogen (secondary N) is 1. The smallest absolute Gasteiger partial charge is 0.0585 e. The first-order chi connectivity index (χ1) is 8.67. The molecule has 1 aromatic rings. The lowest BCUT2D eigenvalue weighted by Gasteiger charge is -2.23. The molecule has 1 aromatic carbocycles. The van der Waals surface area contributed by atoms with Crippen molar-refractivity contribution in [3.63, 3.8) is 0 Å². The first-order valence-electron chi connectivity index (χ1n) is 6.79. The molecule has 0 aliphatic carbocycles. The minimum absolute atomic E-state index is 0.206. The van der Waals surface area contributed by atoms with E-state index >= 15 is 0 Å². The van der Waals surface area contributed by atoms with Crippen LogP contribution in [0.5, 0.6) is 0 Å². The highest BCUT2D eigenvalue weighted by Crippen LogP contribution is 2.13. The lowest BCUT2D eigenvalue weighted by Crippen LogP contribution is -2.36. The first-order valence-corrected chi connectivity index (χ1v) is 6.79. The van der Waals surface area contributed by atoms with Gasteiger partial charge in [0.1, 0.15) is 0 Å². The monoisotopic (exact) mass is 250 g/mol. The summed E-state index contributed by atoms with van der Waals surface area (Å²) >= 11 is 0. The summed E-state index contributed by atoms with van der Waals surface area (Å²) < 4.78 is 0. The third kappa shape index (κ3) is 5.07. The second kappa shape index (κ2) is 8.11. The molecule has 1 rings (SSSR count). The highest BCUT2D eigenvalue weighted by atomic mass is 16.3. The fourth-order valence-electron chi connectivity index (χ4n) is 1.88. The molecule has 0 aromatic heterocycles. The normalized spacial score (nSPS) is 12.4. The molecular weight excluding hydrogens is 224 g/mol. The average Bonchev–Trinajstić information content (AvgIpc) is 2.39. The summed E-state index contributed by atoms with van der Waals surface area (Å²) in [6.45, 7) is 6.37. The fourth-order valence-corrected chi connectivity index (χ4v) is 1.88. The van der Waals surface area contributed by atoms with E-state index in [1.165, 1.54) is 11.3 Å². The predicted molar refractivity (Wildman–Crippen MR) is 78.2 cm³/mol. The quantitative estimate of drug-likeness (QED) is 0.742. The van der Waals surface area contributed by atoms with E-state index in [0.717, 1.165) is 25.9 Å². The highest BCUT2D eigenvalue weighted by Gasteiger charge is 2.08. The number of aliphatic hydroxyl groups excluding tert-OH is 1. The number of hydrogen-bond donors (Lipinski definition) is 2. The van der Waals surface area contributed by atoms with Gasteiger partial charge in [-0.05, 0) is 38.4 Å². The van der Waals surface area contributed by atoms with E-state index < -0.39 is 0 Å². The maximum absolute atomic E-state index is 9.29. The largest absolute Gasteiger partial charge is 0.395 e. The van der Waals surface area contributed by atoms with E-state index in [2.05, 4.69) is 55.4 Å². The molecule has 18 heavy (non-hydrogen) atoms. The molecular formula is C15H26N2O. The molecule has 0 radical (unpaired) electrons. The van der Waals surface area contributed by atoms with Crippen LogP contribution >= 0.6 is 0 Å². The Kier molecular flexibility index (Phi) is 6.76. The molecule has 0 aliphatic rings. The van der Waals surface area contributed by atoms with Crippen molar-refractivity contribution < 1.29 is 5.11 Å². The first kappa shape index (κ1) is 15.0. The van der Waals surface area contributed by atoms with Crippen molar-refractivity contribution in [3.8, 4) is 0 Å². The Balaban J connectivity index is 2.39. The highest BCUT2D eigenvalue weighted by molar-refractivity contribution is 5.46. The number of rotatable bonds is 8. The molecule has 0 spiro atoms. The fraction of sp³-hybridized carbons (Fsp3) is 0.600. The summed E-state index contributed by atoms with van der Waals surface area (Å²) in [7, 11) is 2.10. The van der Waals surface area contributed by atoms with Crippen LogP contribution in [0.15, 0.2) is 24.3 Å². The van der Waals surface area contributed by atoms with Crippen molar-refractivity contribution in [2.75, 3.05) is 31.6 Å². The molecule has 0 heterocycles. The lowest BCUT2D eigenvalue weighted by molar-refractivity contribution is 0.237. The van der Waals surface area contributed by atoms with Gasteiger partial charge in [-0.1, -0.05) is 24.6 Å². The van der Waals surface area contributed by atoms with Crippen LogP contribution < -0.4 is 10.2 Å². The van der Waals surface area contributed by atoms with Crippen LogP contribution in [0.1, 0.15) is 25.3 Å². The van der Waals surface area contributed by atoms with E-state index in [1.807, 2.05) is 0 Å². The number of hydrogen-bond acceptors (Lipinski definition) is 3. The molecule has 3 nitrogen and oxygen atoms in total.